The number of hydrogen-bond acceptors (Lipinski definition) is 3. The molecule has 2 N–H and O–H groups in total. The zero-order valence-corrected chi connectivity index (χ0v) is 12.5. The molecule has 0 aliphatic rings. The molecule has 0 atom stereocenters. The maximum atomic E-state index is 6.09. The predicted molar refractivity (Wildman–Crippen MR) is 78.3 cm³/mol. The average Bonchev–Trinajstić information content (AvgIpc) is 2.61. The second-order valence-electron chi connectivity index (χ2n) is 4.52. The molecule has 2 rings (SSSR count). The summed E-state index contributed by atoms with van der Waals surface area (Å²) < 4.78 is 7.52. The first-order chi connectivity index (χ1) is 8.90. The van der Waals surface area contributed by atoms with Crippen molar-refractivity contribution in [3.8, 4) is 11.6 Å². The first-order valence-electron chi connectivity index (χ1n) is 5.87. The molecule has 102 valence electrons. The lowest BCUT2D eigenvalue weighted by Crippen LogP contribution is -2.05. The van der Waals surface area contributed by atoms with Gasteiger partial charge in [0.25, 0.3) is 0 Å². The van der Waals surface area contributed by atoms with Crippen LogP contribution in [-0.4, -0.2) is 9.78 Å². The Labute approximate surface area is 122 Å². The Bertz CT molecular complexity index is 608. The van der Waals surface area contributed by atoms with Crippen LogP contribution in [-0.2, 0) is 0 Å². The Morgan fingerprint density at radius 3 is 2.58 bits per heavy atom. The molecule has 0 radical (unpaired) electrons. The summed E-state index contributed by atoms with van der Waals surface area (Å²) >= 11 is 11.9. The minimum Gasteiger partial charge on any atom is -0.436 e. The van der Waals surface area contributed by atoms with Crippen molar-refractivity contribution in [1.29, 1.82) is 0 Å². The Balaban J connectivity index is 2.43. The number of hydrogen-bond donors (Lipinski definition) is 1. The van der Waals surface area contributed by atoms with E-state index in [1.54, 1.807) is 22.9 Å². The van der Waals surface area contributed by atoms with Gasteiger partial charge in [-0.05, 0) is 39.0 Å². The van der Waals surface area contributed by atoms with Gasteiger partial charge in [0.15, 0.2) is 0 Å². The Morgan fingerprint density at radius 2 is 2.00 bits per heavy atom. The fraction of sp³-hybridized carbons (Fsp3) is 0.308. The molecule has 0 saturated carbocycles. The summed E-state index contributed by atoms with van der Waals surface area (Å²) in [6.07, 6.45) is 0. The van der Waals surface area contributed by atoms with Crippen LogP contribution in [0.2, 0.25) is 10.0 Å². The maximum Gasteiger partial charge on any atom is 0.241 e. The van der Waals surface area contributed by atoms with E-state index in [9.17, 15) is 0 Å². The first kappa shape index (κ1) is 14.0. The number of nitrogen functional groups attached to an aromatic ring is 1. The van der Waals surface area contributed by atoms with Gasteiger partial charge >= 0.3 is 0 Å². The number of nitrogens with zero attached hydrogens (tertiary/aromatic N) is 2. The minimum absolute atomic E-state index is 0.136. The normalized spacial score (nSPS) is 11.1. The molecule has 19 heavy (non-hydrogen) atoms. The molecular formula is C13H15Cl2N3O. The standard InChI is InChI=1S/C13H15Cl2N3O/c1-7(2)18-13(12(16)8(3)17-18)19-11-5-4-9(14)6-10(11)15/h4-7H,16H2,1-3H3. The molecule has 1 aromatic carbocycles. The van der Waals surface area contributed by atoms with Gasteiger partial charge in [-0.3, -0.25) is 0 Å². The number of anilines is 1. The number of halogens is 2. The summed E-state index contributed by atoms with van der Waals surface area (Å²) in [6.45, 7) is 5.84. The largest absolute Gasteiger partial charge is 0.436 e. The number of benzene rings is 1. The third-order valence-corrected chi connectivity index (χ3v) is 3.21. The first-order valence-corrected chi connectivity index (χ1v) is 6.63. The maximum absolute atomic E-state index is 6.09. The van der Waals surface area contributed by atoms with Gasteiger partial charge in [0.1, 0.15) is 11.4 Å². The van der Waals surface area contributed by atoms with Gasteiger partial charge < -0.3 is 10.5 Å². The molecule has 0 fully saturated rings. The highest BCUT2D eigenvalue weighted by molar-refractivity contribution is 6.35. The molecule has 0 bridgehead atoms. The number of ether oxygens (including phenoxy) is 1. The van der Waals surface area contributed by atoms with E-state index in [0.29, 0.717) is 27.4 Å². The van der Waals surface area contributed by atoms with E-state index in [1.807, 2.05) is 20.8 Å². The lowest BCUT2D eigenvalue weighted by atomic mass is 10.3. The predicted octanol–water partition coefficient (Wildman–Crippen LogP) is 4.45. The SMILES string of the molecule is Cc1nn(C(C)C)c(Oc2ccc(Cl)cc2Cl)c1N. The summed E-state index contributed by atoms with van der Waals surface area (Å²) in [5.41, 5.74) is 7.24. The van der Waals surface area contributed by atoms with Crippen LogP contribution < -0.4 is 10.5 Å². The van der Waals surface area contributed by atoms with Crippen molar-refractivity contribution < 1.29 is 4.74 Å². The molecule has 0 aliphatic carbocycles. The Morgan fingerprint density at radius 1 is 1.32 bits per heavy atom. The van der Waals surface area contributed by atoms with Crippen LogP contribution in [0.3, 0.4) is 0 Å². The summed E-state index contributed by atoms with van der Waals surface area (Å²) in [4.78, 5) is 0. The van der Waals surface area contributed by atoms with Crippen LogP contribution in [0.25, 0.3) is 0 Å². The molecule has 0 amide bonds. The van der Waals surface area contributed by atoms with Crippen LogP contribution in [0.5, 0.6) is 11.6 Å². The lowest BCUT2D eigenvalue weighted by molar-refractivity contribution is 0.390. The van der Waals surface area contributed by atoms with Crippen molar-refractivity contribution in [2.75, 3.05) is 5.73 Å². The summed E-state index contributed by atoms with van der Waals surface area (Å²) in [5, 5.41) is 5.34. The number of nitrogens with two attached hydrogens (primary N) is 1. The highest BCUT2D eigenvalue weighted by atomic mass is 35.5. The van der Waals surface area contributed by atoms with E-state index in [0.717, 1.165) is 5.69 Å². The fourth-order valence-electron chi connectivity index (χ4n) is 1.65. The molecule has 2 aromatic rings. The molecule has 4 nitrogen and oxygen atoms in total. The highest BCUT2D eigenvalue weighted by Gasteiger charge is 2.18. The van der Waals surface area contributed by atoms with Crippen molar-refractivity contribution >= 4 is 28.9 Å². The molecule has 0 spiro atoms. The van der Waals surface area contributed by atoms with Crippen molar-refractivity contribution in [2.45, 2.75) is 26.8 Å². The van der Waals surface area contributed by atoms with E-state index in [1.165, 1.54) is 0 Å². The van der Waals surface area contributed by atoms with Crippen molar-refractivity contribution in [3.05, 3.63) is 33.9 Å². The number of aryl methyl sites for hydroxylation is 1. The van der Waals surface area contributed by atoms with Crippen molar-refractivity contribution in [3.63, 3.8) is 0 Å². The second kappa shape index (κ2) is 5.31. The minimum atomic E-state index is 0.136. The van der Waals surface area contributed by atoms with Gasteiger partial charge in [-0.1, -0.05) is 23.2 Å². The molecule has 6 heteroatoms. The third kappa shape index (κ3) is 2.80. The average molecular weight is 300 g/mol. The Hall–Kier alpha value is -1.39. The summed E-state index contributed by atoms with van der Waals surface area (Å²) in [5.74, 6) is 0.997. The molecule has 1 heterocycles. The van der Waals surface area contributed by atoms with Gasteiger partial charge in [-0.15, -0.1) is 0 Å². The second-order valence-corrected chi connectivity index (χ2v) is 5.36. The van der Waals surface area contributed by atoms with Crippen LogP contribution in [0.15, 0.2) is 18.2 Å². The van der Waals surface area contributed by atoms with Crippen LogP contribution in [0, 0.1) is 6.92 Å². The topological polar surface area (TPSA) is 53.1 Å². The third-order valence-electron chi connectivity index (χ3n) is 2.68. The smallest absolute Gasteiger partial charge is 0.241 e. The molecule has 0 aliphatic heterocycles. The summed E-state index contributed by atoms with van der Waals surface area (Å²) in [7, 11) is 0. The van der Waals surface area contributed by atoms with Gasteiger partial charge in [0.2, 0.25) is 5.88 Å². The van der Waals surface area contributed by atoms with E-state index in [-0.39, 0.29) is 6.04 Å². The quantitative estimate of drug-likeness (QED) is 0.910. The molecule has 0 unspecified atom stereocenters. The van der Waals surface area contributed by atoms with Crippen LogP contribution in [0.4, 0.5) is 5.69 Å². The highest BCUT2D eigenvalue weighted by Crippen LogP contribution is 2.36. The van der Waals surface area contributed by atoms with Crippen LogP contribution >= 0.6 is 23.2 Å². The monoisotopic (exact) mass is 299 g/mol. The fourth-order valence-corrected chi connectivity index (χ4v) is 2.10. The number of aromatic nitrogens is 2. The zero-order valence-electron chi connectivity index (χ0n) is 10.9. The van der Waals surface area contributed by atoms with Crippen LogP contribution in [0.1, 0.15) is 25.6 Å². The molecule has 1 aromatic heterocycles. The summed E-state index contributed by atoms with van der Waals surface area (Å²) in [6, 6.07) is 5.17. The van der Waals surface area contributed by atoms with Crippen molar-refractivity contribution in [2.24, 2.45) is 0 Å². The Kier molecular flexibility index (Phi) is 3.92. The van der Waals surface area contributed by atoms with Crippen molar-refractivity contribution in [1.82, 2.24) is 9.78 Å². The molecular weight excluding hydrogens is 285 g/mol. The molecule has 0 saturated heterocycles. The zero-order chi connectivity index (χ0) is 14.2. The van der Waals surface area contributed by atoms with Gasteiger partial charge in [-0.25, -0.2) is 4.68 Å². The number of rotatable bonds is 3. The van der Waals surface area contributed by atoms with Gasteiger partial charge in [-0.2, -0.15) is 5.10 Å². The van der Waals surface area contributed by atoms with E-state index in [4.69, 9.17) is 33.7 Å². The van der Waals surface area contributed by atoms with Gasteiger partial charge in [0, 0.05) is 5.02 Å². The van der Waals surface area contributed by atoms with E-state index >= 15 is 0 Å². The van der Waals surface area contributed by atoms with Gasteiger partial charge in [0.05, 0.1) is 16.8 Å². The lowest BCUT2D eigenvalue weighted by Gasteiger charge is -2.13. The van der Waals surface area contributed by atoms with E-state index in [2.05, 4.69) is 5.10 Å². The van der Waals surface area contributed by atoms with E-state index < -0.39 is 0 Å².